The summed E-state index contributed by atoms with van der Waals surface area (Å²) in [6.07, 6.45) is 2.57. The molecule has 6 heteroatoms. The van der Waals surface area contributed by atoms with E-state index in [9.17, 15) is 8.42 Å². The van der Waals surface area contributed by atoms with Crippen LogP contribution in [0, 0.1) is 0 Å². The van der Waals surface area contributed by atoms with Crippen molar-refractivity contribution in [3.8, 4) is 11.3 Å². The lowest BCUT2D eigenvalue weighted by Crippen LogP contribution is -2.26. The Labute approximate surface area is 119 Å². The van der Waals surface area contributed by atoms with Gasteiger partial charge in [-0.05, 0) is 6.42 Å². The zero-order valence-electron chi connectivity index (χ0n) is 11.6. The molecule has 0 aliphatic heterocycles. The molecule has 2 aromatic rings. The van der Waals surface area contributed by atoms with E-state index in [4.69, 9.17) is 4.52 Å². The van der Waals surface area contributed by atoms with Crippen LogP contribution in [0.3, 0.4) is 0 Å². The Morgan fingerprint density at radius 2 is 1.95 bits per heavy atom. The number of benzene rings is 1. The van der Waals surface area contributed by atoms with E-state index < -0.39 is 10.0 Å². The van der Waals surface area contributed by atoms with Gasteiger partial charge < -0.3 is 4.52 Å². The summed E-state index contributed by atoms with van der Waals surface area (Å²) in [6.45, 7) is 0.472. The molecule has 1 aromatic carbocycles. The first-order valence-electron chi connectivity index (χ1n) is 6.39. The van der Waals surface area contributed by atoms with Crippen LogP contribution in [-0.2, 0) is 16.4 Å². The van der Waals surface area contributed by atoms with Crippen LogP contribution >= 0.6 is 0 Å². The summed E-state index contributed by atoms with van der Waals surface area (Å²) in [4.78, 5) is 0. The van der Waals surface area contributed by atoms with Gasteiger partial charge in [-0.2, -0.15) is 0 Å². The molecule has 1 aromatic heterocycles. The van der Waals surface area contributed by atoms with Crippen LogP contribution in [0.1, 0.15) is 12.2 Å². The van der Waals surface area contributed by atoms with E-state index in [1.807, 2.05) is 36.4 Å². The maximum absolute atomic E-state index is 11.3. The molecule has 2 rings (SSSR count). The van der Waals surface area contributed by atoms with E-state index in [2.05, 4.69) is 5.16 Å². The molecule has 0 radical (unpaired) electrons. The molecular formula is C14H18N2O3S. The number of aryl methyl sites for hydroxylation is 1. The molecule has 0 saturated carbocycles. The molecule has 5 nitrogen and oxygen atoms in total. The number of sulfonamides is 1. The first kappa shape index (κ1) is 14.7. The van der Waals surface area contributed by atoms with Crippen LogP contribution in [0.5, 0.6) is 0 Å². The fraction of sp³-hybridized carbons (Fsp3) is 0.357. The van der Waals surface area contributed by atoms with Crippen molar-refractivity contribution in [1.82, 2.24) is 9.46 Å². The van der Waals surface area contributed by atoms with Gasteiger partial charge >= 0.3 is 0 Å². The molecule has 0 unspecified atom stereocenters. The zero-order valence-corrected chi connectivity index (χ0v) is 12.4. The highest BCUT2D eigenvalue weighted by atomic mass is 32.2. The lowest BCUT2D eigenvalue weighted by atomic mass is 10.1. The molecule has 0 saturated heterocycles. The predicted molar refractivity (Wildman–Crippen MR) is 77.7 cm³/mol. The lowest BCUT2D eigenvalue weighted by molar-refractivity contribution is 0.375. The van der Waals surface area contributed by atoms with Crippen molar-refractivity contribution in [3.63, 3.8) is 0 Å². The summed E-state index contributed by atoms with van der Waals surface area (Å²) in [5.74, 6) is 0.769. The van der Waals surface area contributed by atoms with E-state index >= 15 is 0 Å². The Kier molecular flexibility index (Phi) is 4.57. The van der Waals surface area contributed by atoms with Gasteiger partial charge in [0.2, 0.25) is 10.0 Å². The minimum atomic E-state index is -3.11. The van der Waals surface area contributed by atoms with E-state index in [1.165, 1.54) is 10.6 Å². The smallest absolute Gasteiger partial charge is 0.210 e. The van der Waals surface area contributed by atoms with E-state index in [1.54, 1.807) is 7.05 Å². The first-order valence-corrected chi connectivity index (χ1v) is 8.24. The summed E-state index contributed by atoms with van der Waals surface area (Å²) in [5, 5.41) is 4.03. The monoisotopic (exact) mass is 294 g/mol. The standard InChI is InChI=1S/C14H18N2O3S/c1-16(20(2,17)18)10-6-9-13-11-14(15-19-13)12-7-4-3-5-8-12/h3-5,7-8,11H,6,9-10H2,1-2H3. The molecule has 0 fully saturated rings. The highest BCUT2D eigenvalue weighted by Gasteiger charge is 2.11. The van der Waals surface area contributed by atoms with Crippen molar-refractivity contribution >= 4 is 10.0 Å². The molecule has 0 amide bonds. The van der Waals surface area contributed by atoms with Crippen LogP contribution in [0.15, 0.2) is 40.9 Å². The summed E-state index contributed by atoms with van der Waals surface area (Å²) in [5.41, 5.74) is 1.81. The van der Waals surface area contributed by atoms with Gasteiger partial charge in [0, 0.05) is 31.6 Å². The highest BCUT2D eigenvalue weighted by Crippen LogP contribution is 2.19. The third-order valence-electron chi connectivity index (χ3n) is 3.09. The molecule has 0 N–H and O–H groups in total. The van der Waals surface area contributed by atoms with Crippen LogP contribution < -0.4 is 0 Å². The average Bonchev–Trinajstić information content (AvgIpc) is 2.87. The minimum Gasteiger partial charge on any atom is -0.361 e. The summed E-state index contributed by atoms with van der Waals surface area (Å²) in [6, 6.07) is 11.7. The van der Waals surface area contributed by atoms with Crippen molar-refractivity contribution in [2.75, 3.05) is 19.8 Å². The predicted octanol–water partition coefficient (Wildman–Crippen LogP) is 2.17. The van der Waals surface area contributed by atoms with Gasteiger partial charge in [-0.25, -0.2) is 12.7 Å². The van der Waals surface area contributed by atoms with Crippen molar-refractivity contribution in [1.29, 1.82) is 0 Å². The van der Waals surface area contributed by atoms with Gasteiger partial charge in [0.1, 0.15) is 11.5 Å². The third kappa shape index (κ3) is 3.91. The third-order valence-corrected chi connectivity index (χ3v) is 4.41. The molecule has 0 spiro atoms. The second-order valence-electron chi connectivity index (χ2n) is 4.73. The first-order chi connectivity index (χ1) is 9.47. The molecule has 0 aliphatic rings. The van der Waals surface area contributed by atoms with Crippen LogP contribution in [0.2, 0.25) is 0 Å². The van der Waals surface area contributed by atoms with Gasteiger partial charge in [-0.1, -0.05) is 35.5 Å². The summed E-state index contributed by atoms with van der Waals surface area (Å²) < 4.78 is 29.1. The molecular weight excluding hydrogens is 276 g/mol. The highest BCUT2D eigenvalue weighted by molar-refractivity contribution is 7.88. The van der Waals surface area contributed by atoms with E-state index in [-0.39, 0.29) is 0 Å². The second-order valence-corrected chi connectivity index (χ2v) is 6.82. The average molecular weight is 294 g/mol. The van der Waals surface area contributed by atoms with Gasteiger partial charge in [-0.3, -0.25) is 0 Å². The van der Waals surface area contributed by atoms with Gasteiger partial charge in [0.25, 0.3) is 0 Å². The largest absolute Gasteiger partial charge is 0.361 e. The Morgan fingerprint density at radius 1 is 1.25 bits per heavy atom. The SMILES string of the molecule is CN(CCCc1cc(-c2ccccc2)no1)S(C)(=O)=O. The number of aromatic nitrogens is 1. The number of rotatable bonds is 6. The fourth-order valence-corrected chi connectivity index (χ4v) is 2.28. The van der Waals surface area contributed by atoms with E-state index in [0.29, 0.717) is 19.4 Å². The van der Waals surface area contributed by atoms with E-state index in [0.717, 1.165) is 17.0 Å². The van der Waals surface area contributed by atoms with Gasteiger partial charge in [0.05, 0.1) is 6.26 Å². The number of hydrogen-bond acceptors (Lipinski definition) is 4. The Morgan fingerprint density at radius 3 is 2.60 bits per heavy atom. The normalized spacial score (nSPS) is 11.9. The molecule has 0 atom stereocenters. The minimum absolute atomic E-state index is 0.472. The van der Waals surface area contributed by atoms with Crippen LogP contribution in [0.4, 0.5) is 0 Å². The Balaban J connectivity index is 1.91. The second kappa shape index (κ2) is 6.19. The Bertz CT molecular complexity index is 650. The zero-order chi connectivity index (χ0) is 14.6. The van der Waals surface area contributed by atoms with Crippen molar-refractivity contribution in [2.24, 2.45) is 0 Å². The fourth-order valence-electron chi connectivity index (χ4n) is 1.82. The number of hydrogen-bond donors (Lipinski definition) is 0. The maximum Gasteiger partial charge on any atom is 0.210 e. The maximum atomic E-state index is 11.3. The van der Waals surface area contributed by atoms with Crippen molar-refractivity contribution in [2.45, 2.75) is 12.8 Å². The molecule has 1 heterocycles. The van der Waals surface area contributed by atoms with Gasteiger partial charge in [-0.15, -0.1) is 0 Å². The molecule has 0 bridgehead atoms. The Hall–Kier alpha value is -1.66. The summed E-state index contributed by atoms with van der Waals surface area (Å²) >= 11 is 0. The summed E-state index contributed by atoms with van der Waals surface area (Å²) in [7, 11) is -1.53. The van der Waals surface area contributed by atoms with Gasteiger partial charge in [0.15, 0.2) is 0 Å². The van der Waals surface area contributed by atoms with Crippen LogP contribution in [0.25, 0.3) is 11.3 Å². The molecule has 108 valence electrons. The quantitative estimate of drug-likeness (QED) is 0.819. The topological polar surface area (TPSA) is 63.4 Å². The van der Waals surface area contributed by atoms with Crippen LogP contribution in [-0.4, -0.2) is 37.7 Å². The molecule has 0 aliphatic carbocycles. The molecule has 20 heavy (non-hydrogen) atoms. The van der Waals surface area contributed by atoms with Crippen molar-refractivity contribution < 1.29 is 12.9 Å². The van der Waals surface area contributed by atoms with Crippen molar-refractivity contribution in [3.05, 3.63) is 42.2 Å². The number of nitrogens with zero attached hydrogens (tertiary/aromatic N) is 2. The lowest BCUT2D eigenvalue weighted by Gasteiger charge is -2.12.